The van der Waals surface area contributed by atoms with Gasteiger partial charge in [0.05, 0.1) is 10.9 Å². The SMILES string of the molecule is Cc1ncnc(C)c1-c1ccc2c(Cl)c(C(=O)N3CC[C@H](C(=O)Nc4cc(F)c(F)c(F)c4)C3)[nH]c2c1. The fourth-order valence-electron chi connectivity index (χ4n) is 4.67. The zero-order valence-corrected chi connectivity index (χ0v) is 20.6. The van der Waals surface area contributed by atoms with Crippen molar-refractivity contribution >= 4 is 40.0 Å². The first-order valence-electron chi connectivity index (χ1n) is 11.5. The summed E-state index contributed by atoms with van der Waals surface area (Å²) < 4.78 is 40.1. The highest BCUT2D eigenvalue weighted by Gasteiger charge is 2.33. The zero-order valence-electron chi connectivity index (χ0n) is 19.8. The molecule has 190 valence electrons. The molecule has 1 atom stereocenters. The largest absolute Gasteiger partial charge is 0.349 e. The van der Waals surface area contributed by atoms with Crippen LogP contribution in [0.25, 0.3) is 22.0 Å². The molecule has 2 amide bonds. The third kappa shape index (κ3) is 4.53. The van der Waals surface area contributed by atoms with Gasteiger partial charge in [0.1, 0.15) is 12.0 Å². The summed E-state index contributed by atoms with van der Waals surface area (Å²) in [5.74, 6) is -5.92. The van der Waals surface area contributed by atoms with Crippen LogP contribution in [0.4, 0.5) is 18.9 Å². The van der Waals surface area contributed by atoms with Crippen LogP contribution in [0, 0.1) is 37.2 Å². The van der Waals surface area contributed by atoms with Gasteiger partial charge in [0, 0.05) is 58.8 Å². The number of hydrogen-bond acceptors (Lipinski definition) is 4. The summed E-state index contributed by atoms with van der Waals surface area (Å²) in [7, 11) is 0. The molecule has 11 heteroatoms. The number of aromatic nitrogens is 3. The summed E-state index contributed by atoms with van der Waals surface area (Å²) >= 11 is 6.56. The summed E-state index contributed by atoms with van der Waals surface area (Å²) in [5.41, 5.74) is 4.11. The first-order valence-corrected chi connectivity index (χ1v) is 11.9. The van der Waals surface area contributed by atoms with Crippen LogP contribution in [-0.2, 0) is 4.79 Å². The number of rotatable bonds is 4. The van der Waals surface area contributed by atoms with Gasteiger partial charge in [-0.1, -0.05) is 23.7 Å². The van der Waals surface area contributed by atoms with Gasteiger partial charge < -0.3 is 15.2 Å². The monoisotopic (exact) mass is 527 g/mol. The van der Waals surface area contributed by atoms with Crippen LogP contribution in [0.15, 0.2) is 36.7 Å². The van der Waals surface area contributed by atoms with Gasteiger partial charge in [0.2, 0.25) is 5.91 Å². The highest BCUT2D eigenvalue weighted by Crippen LogP contribution is 2.34. The number of hydrogen-bond donors (Lipinski definition) is 2. The number of halogens is 4. The van der Waals surface area contributed by atoms with Crippen LogP contribution in [0.2, 0.25) is 5.02 Å². The molecule has 0 saturated carbocycles. The lowest BCUT2D eigenvalue weighted by Crippen LogP contribution is -2.31. The quantitative estimate of drug-likeness (QED) is 0.347. The number of anilines is 1. The molecule has 2 aromatic carbocycles. The van der Waals surface area contributed by atoms with Crippen molar-refractivity contribution in [2.45, 2.75) is 20.3 Å². The molecule has 5 rings (SSSR count). The molecule has 37 heavy (non-hydrogen) atoms. The van der Waals surface area contributed by atoms with E-state index < -0.39 is 29.3 Å². The Morgan fingerprint density at radius 2 is 1.76 bits per heavy atom. The van der Waals surface area contributed by atoms with Gasteiger partial charge in [-0.2, -0.15) is 0 Å². The van der Waals surface area contributed by atoms with Crippen molar-refractivity contribution in [1.82, 2.24) is 19.9 Å². The molecule has 1 fully saturated rings. The summed E-state index contributed by atoms with van der Waals surface area (Å²) in [6.07, 6.45) is 1.85. The summed E-state index contributed by atoms with van der Waals surface area (Å²) in [6.45, 7) is 4.18. The van der Waals surface area contributed by atoms with Crippen molar-refractivity contribution in [2.24, 2.45) is 5.92 Å². The highest BCUT2D eigenvalue weighted by molar-refractivity contribution is 6.38. The highest BCUT2D eigenvalue weighted by atomic mass is 35.5. The third-order valence-electron chi connectivity index (χ3n) is 6.56. The first kappa shape index (κ1) is 24.8. The minimum absolute atomic E-state index is 0.0908. The lowest BCUT2D eigenvalue weighted by atomic mass is 10.0. The van der Waals surface area contributed by atoms with Crippen LogP contribution in [0.5, 0.6) is 0 Å². The molecule has 0 unspecified atom stereocenters. The number of likely N-dealkylation sites (tertiary alicyclic amines) is 1. The lowest BCUT2D eigenvalue weighted by molar-refractivity contribution is -0.119. The normalized spacial score (nSPS) is 15.4. The predicted molar refractivity (Wildman–Crippen MR) is 133 cm³/mol. The standard InChI is InChI=1S/C26H21ClF3N5O2/c1-12-21(13(2)32-11-31-12)14-3-4-17-20(7-14)34-24(22(17)27)26(37)35-6-5-15(10-35)25(36)33-16-8-18(28)23(30)19(29)9-16/h3-4,7-9,11,15,34H,5-6,10H2,1-2H3,(H,33,36)/t15-/m0/s1. The zero-order chi connectivity index (χ0) is 26.4. The van der Waals surface area contributed by atoms with Gasteiger partial charge in [-0.15, -0.1) is 0 Å². The lowest BCUT2D eigenvalue weighted by Gasteiger charge is -2.16. The maximum absolute atomic E-state index is 13.5. The van der Waals surface area contributed by atoms with Crippen LogP contribution in [0.1, 0.15) is 28.3 Å². The molecule has 0 spiro atoms. The predicted octanol–water partition coefficient (Wildman–Crippen LogP) is 5.41. The topological polar surface area (TPSA) is 91.0 Å². The number of nitrogens with zero attached hydrogens (tertiary/aromatic N) is 3. The molecule has 1 saturated heterocycles. The van der Waals surface area contributed by atoms with E-state index in [4.69, 9.17) is 11.6 Å². The van der Waals surface area contributed by atoms with Crippen molar-refractivity contribution in [3.8, 4) is 11.1 Å². The number of fused-ring (bicyclic) bond motifs is 1. The summed E-state index contributed by atoms with van der Waals surface area (Å²) in [4.78, 5) is 39.0. The number of amides is 2. The molecule has 3 heterocycles. The Labute approximate surface area is 214 Å². The van der Waals surface area contributed by atoms with Crippen molar-refractivity contribution < 1.29 is 22.8 Å². The van der Waals surface area contributed by atoms with Crippen LogP contribution in [-0.4, -0.2) is 44.8 Å². The van der Waals surface area contributed by atoms with E-state index in [1.54, 1.807) is 0 Å². The maximum Gasteiger partial charge on any atom is 0.271 e. The second kappa shape index (κ2) is 9.51. The number of aromatic amines is 1. The number of nitrogens with one attached hydrogen (secondary N) is 2. The molecule has 4 aromatic rings. The summed E-state index contributed by atoms with van der Waals surface area (Å²) in [6, 6.07) is 7.02. The molecule has 7 nitrogen and oxygen atoms in total. The second-order valence-corrected chi connectivity index (χ2v) is 9.35. The number of carbonyl (C=O) groups is 2. The minimum Gasteiger partial charge on any atom is -0.349 e. The van der Waals surface area contributed by atoms with E-state index in [0.29, 0.717) is 36.0 Å². The van der Waals surface area contributed by atoms with E-state index in [1.165, 1.54) is 11.2 Å². The van der Waals surface area contributed by atoms with Crippen LogP contribution in [0.3, 0.4) is 0 Å². The van der Waals surface area contributed by atoms with Gasteiger partial charge in [0.25, 0.3) is 5.91 Å². The van der Waals surface area contributed by atoms with E-state index in [1.807, 2.05) is 32.0 Å². The second-order valence-electron chi connectivity index (χ2n) is 8.97. The average Bonchev–Trinajstić information content (AvgIpc) is 3.47. The Kier molecular flexibility index (Phi) is 6.36. The first-order chi connectivity index (χ1) is 17.6. The Hall–Kier alpha value is -3.92. The van der Waals surface area contributed by atoms with E-state index in [0.717, 1.165) is 22.5 Å². The molecule has 1 aliphatic rings. The van der Waals surface area contributed by atoms with Crippen molar-refractivity contribution in [2.75, 3.05) is 18.4 Å². The van der Waals surface area contributed by atoms with E-state index in [9.17, 15) is 22.8 Å². The van der Waals surface area contributed by atoms with E-state index >= 15 is 0 Å². The molecular weight excluding hydrogens is 507 g/mol. The molecule has 0 radical (unpaired) electrons. The van der Waals surface area contributed by atoms with Gasteiger partial charge in [-0.3, -0.25) is 9.59 Å². The number of aryl methyl sites for hydroxylation is 2. The van der Waals surface area contributed by atoms with Gasteiger partial charge in [-0.05, 0) is 31.9 Å². The Bertz CT molecular complexity index is 1530. The minimum atomic E-state index is -1.61. The number of H-pyrrole nitrogens is 1. The Balaban J connectivity index is 1.34. The molecule has 0 aliphatic carbocycles. The molecule has 2 aromatic heterocycles. The molecular formula is C26H21ClF3N5O2. The van der Waals surface area contributed by atoms with Crippen LogP contribution >= 0.6 is 11.6 Å². The fourth-order valence-corrected chi connectivity index (χ4v) is 4.96. The smallest absolute Gasteiger partial charge is 0.271 e. The molecule has 1 aliphatic heterocycles. The fraction of sp³-hybridized carbons (Fsp3) is 0.231. The Morgan fingerprint density at radius 1 is 1.08 bits per heavy atom. The van der Waals surface area contributed by atoms with Crippen molar-refractivity contribution in [1.29, 1.82) is 0 Å². The van der Waals surface area contributed by atoms with Gasteiger partial charge in [-0.25, -0.2) is 23.1 Å². The number of benzene rings is 2. The van der Waals surface area contributed by atoms with Gasteiger partial charge >= 0.3 is 0 Å². The Morgan fingerprint density at radius 3 is 2.43 bits per heavy atom. The van der Waals surface area contributed by atoms with Crippen LogP contribution < -0.4 is 5.32 Å². The molecule has 0 bridgehead atoms. The third-order valence-corrected chi connectivity index (χ3v) is 6.95. The number of carbonyl (C=O) groups excluding carboxylic acids is 2. The maximum atomic E-state index is 13.5. The van der Waals surface area contributed by atoms with Crippen molar-refractivity contribution in [3.05, 3.63) is 76.2 Å². The summed E-state index contributed by atoms with van der Waals surface area (Å²) in [5, 5.41) is 3.34. The van der Waals surface area contributed by atoms with Gasteiger partial charge in [0.15, 0.2) is 17.5 Å². The van der Waals surface area contributed by atoms with E-state index in [-0.39, 0.29) is 28.9 Å². The average molecular weight is 528 g/mol. The van der Waals surface area contributed by atoms with Crippen molar-refractivity contribution in [3.63, 3.8) is 0 Å². The molecule has 2 N–H and O–H groups in total. The van der Waals surface area contributed by atoms with E-state index in [2.05, 4.69) is 20.3 Å².